The molecule has 4 heteroatoms. The molecule has 0 bridgehead atoms. The standard InChI is InChI=1S/C4H8O.C2H4O2.C2H6O/c1-2-3-4-5;1-2(3)4;1-2-3/h4H,2-3H2,1H3;1H3,(H,3,4);3H,2H2,1H3. The van der Waals surface area contributed by atoms with Gasteiger partial charge in [-0.15, -0.1) is 0 Å². The van der Waals surface area contributed by atoms with Gasteiger partial charge < -0.3 is 15.0 Å². The van der Waals surface area contributed by atoms with E-state index in [1.165, 1.54) is 0 Å². The highest BCUT2D eigenvalue weighted by molar-refractivity contribution is 5.62. The maximum atomic E-state index is 9.40. The van der Waals surface area contributed by atoms with E-state index < -0.39 is 5.97 Å². The average molecular weight is 178 g/mol. The second kappa shape index (κ2) is 22.5. The summed E-state index contributed by atoms with van der Waals surface area (Å²) in [7, 11) is 0. The molecule has 0 heterocycles. The Morgan fingerprint density at radius 3 is 1.67 bits per heavy atom. The van der Waals surface area contributed by atoms with E-state index in [0.717, 1.165) is 19.6 Å². The highest BCUT2D eigenvalue weighted by Gasteiger charge is 1.66. The third-order valence-corrected chi connectivity index (χ3v) is 0.407. The number of carbonyl (C=O) groups excluding carboxylic acids is 1. The van der Waals surface area contributed by atoms with Crippen LogP contribution in [-0.4, -0.2) is 29.1 Å². The number of hydrogen-bond donors (Lipinski definition) is 2. The number of rotatable bonds is 2. The minimum Gasteiger partial charge on any atom is -0.481 e. The zero-order valence-corrected chi connectivity index (χ0v) is 7.91. The Morgan fingerprint density at radius 1 is 1.42 bits per heavy atom. The molecule has 0 saturated heterocycles. The molecule has 0 radical (unpaired) electrons. The van der Waals surface area contributed by atoms with Crippen molar-refractivity contribution in [2.24, 2.45) is 0 Å². The molecular formula is C8H18O4. The van der Waals surface area contributed by atoms with Crippen LogP contribution in [0.4, 0.5) is 0 Å². The summed E-state index contributed by atoms with van der Waals surface area (Å²) in [5.74, 6) is -0.833. The molecule has 0 aliphatic rings. The number of carboxylic acids is 1. The summed E-state index contributed by atoms with van der Waals surface area (Å²) in [4.78, 5) is 18.4. The summed E-state index contributed by atoms with van der Waals surface area (Å²) in [5.41, 5.74) is 0. The SMILES string of the molecule is CC(=O)O.CCCC=O.CCO. The van der Waals surface area contributed by atoms with Crippen LogP contribution in [0.1, 0.15) is 33.6 Å². The highest BCUT2D eigenvalue weighted by atomic mass is 16.4. The van der Waals surface area contributed by atoms with Crippen LogP contribution in [0.3, 0.4) is 0 Å². The maximum Gasteiger partial charge on any atom is 0.300 e. The Kier molecular flexibility index (Phi) is 32.3. The van der Waals surface area contributed by atoms with E-state index in [9.17, 15) is 4.79 Å². The van der Waals surface area contributed by atoms with Gasteiger partial charge in [-0.05, 0) is 13.3 Å². The first-order valence-corrected chi connectivity index (χ1v) is 3.80. The Bertz CT molecular complexity index is 87.1. The first kappa shape index (κ1) is 17.3. The lowest BCUT2D eigenvalue weighted by Crippen LogP contribution is -1.78. The fourth-order valence-electron chi connectivity index (χ4n) is 0.118. The van der Waals surface area contributed by atoms with Crippen LogP contribution in [0.5, 0.6) is 0 Å². The molecular weight excluding hydrogens is 160 g/mol. The summed E-state index contributed by atoms with van der Waals surface area (Å²) in [6, 6.07) is 0. The third-order valence-electron chi connectivity index (χ3n) is 0.407. The molecule has 2 N–H and O–H groups in total. The van der Waals surface area contributed by atoms with Gasteiger partial charge in [0.15, 0.2) is 0 Å². The lowest BCUT2D eigenvalue weighted by molar-refractivity contribution is -0.134. The zero-order chi connectivity index (χ0) is 10.4. The molecule has 0 aromatic heterocycles. The number of aliphatic hydroxyl groups excluding tert-OH is 1. The number of carboxylic acid groups (broad SMARTS) is 1. The van der Waals surface area contributed by atoms with Gasteiger partial charge in [-0.25, -0.2) is 0 Å². The normalized spacial score (nSPS) is 6.67. The van der Waals surface area contributed by atoms with Crippen molar-refractivity contribution in [2.75, 3.05) is 6.61 Å². The van der Waals surface area contributed by atoms with Crippen molar-refractivity contribution < 1.29 is 19.8 Å². The molecule has 4 nitrogen and oxygen atoms in total. The van der Waals surface area contributed by atoms with Crippen LogP contribution < -0.4 is 0 Å². The Labute approximate surface area is 73.2 Å². The molecule has 12 heavy (non-hydrogen) atoms. The van der Waals surface area contributed by atoms with Gasteiger partial charge in [0.05, 0.1) is 0 Å². The number of aldehydes is 1. The van der Waals surface area contributed by atoms with Crippen molar-refractivity contribution in [3.8, 4) is 0 Å². The van der Waals surface area contributed by atoms with Crippen LogP contribution in [0.2, 0.25) is 0 Å². The molecule has 0 aliphatic heterocycles. The van der Waals surface area contributed by atoms with Crippen molar-refractivity contribution in [1.29, 1.82) is 0 Å². The summed E-state index contributed by atoms with van der Waals surface area (Å²) in [6.45, 7) is 4.99. The van der Waals surface area contributed by atoms with Crippen molar-refractivity contribution in [1.82, 2.24) is 0 Å². The van der Waals surface area contributed by atoms with E-state index in [1.807, 2.05) is 6.92 Å². The van der Waals surface area contributed by atoms with Crippen molar-refractivity contribution in [3.63, 3.8) is 0 Å². The molecule has 0 aliphatic carbocycles. The number of hydrogen-bond acceptors (Lipinski definition) is 3. The van der Waals surface area contributed by atoms with Crippen LogP contribution in [0.25, 0.3) is 0 Å². The lowest BCUT2D eigenvalue weighted by atomic mass is 10.4. The third kappa shape index (κ3) is 493. The monoisotopic (exact) mass is 178 g/mol. The summed E-state index contributed by atoms with van der Waals surface area (Å²) >= 11 is 0. The van der Waals surface area contributed by atoms with Crippen molar-refractivity contribution in [3.05, 3.63) is 0 Å². The van der Waals surface area contributed by atoms with Gasteiger partial charge in [-0.3, -0.25) is 4.79 Å². The van der Waals surface area contributed by atoms with Gasteiger partial charge in [0, 0.05) is 20.0 Å². The van der Waals surface area contributed by atoms with Gasteiger partial charge in [0.1, 0.15) is 6.29 Å². The molecule has 0 saturated carbocycles. The molecule has 0 aromatic rings. The van der Waals surface area contributed by atoms with Crippen LogP contribution in [-0.2, 0) is 9.59 Å². The fraction of sp³-hybridized carbons (Fsp3) is 0.750. The van der Waals surface area contributed by atoms with Crippen molar-refractivity contribution >= 4 is 12.3 Å². The highest BCUT2D eigenvalue weighted by Crippen LogP contribution is 1.74. The molecule has 74 valence electrons. The largest absolute Gasteiger partial charge is 0.481 e. The van der Waals surface area contributed by atoms with Crippen LogP contribution in [0.15, 0.2) is 0 Å². The number of aliphatic hydroxyl groups is 1. The van der Waals surface area contributed by atoms with Gasteiger partial charge in [-0.1, -0.05) is 6.92 Å². The molecule has 0 aromatic carbocycles. The fourth-order valence-corrected chi connectivity index (χ4v) is 0.118. The van der Waals surface area contributed by atoms with Crippen LogP contribution >= 0.6 is 0 Å². The first-order chi connectivity index (χ1) is 5.56. The lowest BCUT2D eigenvalue weighted by Gasteiger charge is -1.68. The second-order valence-corrected chi connectivity index (χ2v) is 1.79. The average Bonchev–Trinajstić information content (AvgIpc) is 1.89. The quantitative estimate of drug-likeness (QED) is 0.620. The molecule has 0 atom stereocenters. The minimum atomic E-state index is -0.833. The van der Waals surface area contributed by atoms with Gasteiger partial charge >= 0.3 is 0 Å². The minimum absolute atomic E-state index is 0.250. The zero-order valence-electron chi connectivity index (χ0n) is 7.91. The van der Waals surface area contributed by atoms with E-state index in [2.05, 4.69) is 0 Å². The molecule has 0 spiro atoms. The van der Waals surface area contributed by atoms with Gasteiger partial charge in [-0.2, -0.15) is 0 Å². The van der Waals surface area contributed by atoms with E-state index >= 15 is 0 Å². The van der Waals surface area contributed by atoms with Gasteiger partial charge in [0.2, 0.25) is 0 Å². The Balaban J connectivity index is -0.000000105. The van der Waals surface area contributed by atoms with E-state index in [1.54, 1.807) is 6.92 Å². The smallest absolute Gasteiger partial charge is 0.300 e. The second-order valence-electron chi connectivity index (χ2n) is 1.79. The van der Waals surface area contributed by atoms with Crippen molar-refractivity contribution in [2.45, 2.75) is 33.6 Å². The summed E-state index contributed by atoms with van der Waals surface area (Å²) in [5, 5.41) is 15.0. The summed E-state index contributed by atoms with van der Waals surface area (Å²) < 4.78 is 0. The Hall–Kier alpha value is -0.900. The number of unbranched alkanes of at least 4 members (excludes halogenated alkanes) is 1. The first-order valence-electron chi connectivity index (χ1n) is 3.80. The van der Waals surface area contributed by atoms with Gasteiger partial charge in [0.25, 0.3) is 5.97 Å². The van der Waals surface area contributed by atoms with E-state index in [4.69, 9.17) is 15.0 Å². The molecule has 0 unspecified atom stereocenters. The summed E-state index contributed by atoms with van der Waals surface area (Å²) in [6.07, 6.45) is 2.61. The predicted octanol–water partition coefficient (Wildman–Crippen LogP) is 1.07. The number of aliphatic carboxylic acids is 1. The number of carbonyl (C=O) groups is 2. The molecule has 0 fully saturated rings. The molecule has 0 amide bonds. The topological polar surface area (TPSA) is 74.6 Å². The maximum absolute atomic E-state index is 9.40. The Morgan fingerprint density at radius 2 is 1.67 bits per heavy atom. The predicted molar refractivity (Wildman–Crippen MR) is 47.0 cm³/mol. The molecule has 0 rings (SSSR count). The van der Waals surface area contributed by atoms with E-state index in [-0.39, 0.29) is 6.61 Å². The van der Waals surface area contributed by atoms with E-state index in [0.29, 0.717) is 6.42 Å². The van der Waals surface area contributed by atoms with Crippen LogP contribution in [0, 0.1) is 0 Å².